The number of para-hydroxylation sites is 1. The van der Waals surface area contributed by atoms with Crippen molar-refractivity contribution in [2.75, 3.05) is 24.5 Å². The zero-order valence-corrected chi connectivity index (χ0v) is 26.3. The molecule has 2 saturated heterocycles. The number of nitrogens with zero attached hydrogens (tertiary/aromatic N) is 3. The second-order valence-electron chi connectivity index (χ2n) is 12.0. The third-order valence-electron chi connectivity index (χ3n) is 7.66. The minimum atomic E-state index is -1.41. The van der Waals surface area contributed by atoms with E-state index < -0.39 is 52.4 Å². The van der Waals surface area contributed by atoms with Crippen LogP contribution in [0, 0.1) is 21.0 Å². The number of hydrogen-bond donors (Lipinski definition) is 1. The van der Waals surface area contributed by atoms with Crippen LogP contribution in [0.1, 0.15) is 50.4 Å². The van der Waals surface area contributed by atoms with Crippen LogP contribution in [-0.4, -0.2) is 63.8 Å². The van der Waals surface area contributed by atoms with Gasteiger partial charge in [0.1, 0.15) is 17.0 Å². The number of ether oxygens (including phenoxy) is 1. The van der Waals surface area contributed by atoms with Gasteiger partial charge < -0.3 is 24.5 Å². The Kier molecular flexibility index (Phi) is 8.68. The summed E-state index contributed by atoms with van der Waals surface area (Å²) in [7, 11) is 0. The van der Waals surface area contributed by atoms with E-state index >= 15 is 8.78 Å². The third kappa shape index (κ3) is 6.33. The first-order chi connectivity index (χ1) is 20.3. The highest BCUT2D eigenvalue weighted by Crippen LogP contribution is 2.42. The fourth-order valence-corrected chi connectivity index (χ4v) is 6.18. The maximum atomic E-state index is 15.7. The molecule has 7 nitrogen and oxygen atoms in total. The van der Waals surface area contributed by atoms with Gasteiger partial charge in [-0.2, -0.15) is 0 Å². The van der Waals surface area contributed by atoms with Gasteiger partial charge >= 0.3 is 6.09 Å². The lowest BCUT2D eigenvalue weighted by atomic mass is 9.80. The highest BCUT2D eigenvalue weighted by Gasteiger charge is 2.53. The molecule has 2 aliphatic heterocycles. The third-order valence-corrected chi connectivity index (χ3v) is 8.33. The van der Waals surface area contributed by atoms with Crippen LogP contribution in [0.15, 0.2) is 60.7 Å². The van der Waals surface area contributed by atoms with Gasteiger partial charge in [0.05, 0.1) is 36.1 Å². The average Bonchev–Trinajstić information content (AvgIpc) is 2.94. The molecular weight excluding hydrogens is 674 g/mol. The molecule has 2 heterocycles. The first-order valence-electron chi connectivity index (χ1n) is 14.1. The summed E-state index contributed by atoms with van der Waals surface area (Å²) in [5.41, 5.74) is -2.52. The lowest BCUT2D eigenvalue weighted by molar-refractivity contribution is -0.137. The van der Waals surface area contributed by atoms with Crippen molar-refractivity contribution in [3.8, 4) is 0 Å². The second kappa shape index (κ2) is 12.0. The molecule has 228 valence electrons. The Morgan fingerprint density at radius 3 is 2.35 bits per heavy atom. The van der Waals surface area contributed by atoms with E-state index in [-0.39, 0.29) is 24.3 Å². The van der Waals surface area contributed by atoms with Crippen molar-refractivity contribution in [1.82, 2.24) is 9.80 Å². The number of aliphatic hydroxyl groups is 1. The number of rotatable bonds is 5. The summed E-state index contributed by atoms with van der Waals surface area (Å²) in [5, 5.41) is 11.6. The number of anilines is 3. The van der Waals surface area contributed by atoms with Gasteiger partial charge in [0, 0.05) is 15.8 Å². The highest BCUT2D eigenvalue weighted by atomic mass is 127. The monoisotopic (exact) mass is 707 g/mol. The van der Waals surface area contributed by atoms with Crippen molar-refractivity contribution in [2.45, 2.75) is 57.3 Å². The van der Waals surface area contributed by atoms with Crippen LogP contribution in [-0.2, 0) is 4.74 Å². The van der Waals surface area contributed by atoms with Crippen LogP contribution >= 0.6 is 22.6 Å². The fourth-order valence-electron chi connectivity index (χ4n) is 5.73. The molecule has 3 aromatic carbocycles. The number of β-amino-alcohol motifs (C(OH)–C–C–N with tert-alkyl or cyclic N) is 1. The smallest absolute Gasteiger partial charge is 0.410 e. The van der Waals surface area contributed by atoms with E-state index in [1.807, 2.05) is 22.6 Å². The van der Waals surface area contributed by atoms with Crippen LogP contribution in [0.5, 0.6) is 0 Å². The minimum absolute atomic E-state index is 0.0690. The number of hydrogen-bond acceptors (Lipinski definition) is 5. The van der Waals surface area contributed by atoms with Gasteiger partial charge in [-0.15, -0.1) is 0 Å². The predicted octanol–water partition coefficient (Wildman–Crippen LogP) is 7.15. The van der Waals surface area contributed by atoms with Gasteiger partial charge in [-0.1, -0.05) is 18.2 Å². The molecule has 2 fully saturated rings. The van der Waals surface area contributed by atoms with Gasteiger partial charge in [0.25, 0.3) is 5.91 Å². The molecule has 43 heavy (non-hydrogen) atoms. The Morgan fingerprint density at radius 1 is 1.00 bits per heavy atom. The Balaban J connectivity index is 1.48. The molecule has 5 rings (SSSR count). The summed E-state index contributed by atoms with van der Waals surface area (Å²) in [6, 6.07) is 14.1. The average molecular weight is 708 g/mol. The van der Waals surface area contributed by atoms with Crippen molar-refractivity contribution < 1.29 is 32.6 Å². The Labute approximate surface area is 262 Å². The molecule has 3 aromatic rings. The van der Waals surface area contributed by atoms with Crippen LogP contribution in [0.2, 0.25) is 0 Å². The lowest BCUT2D eigenvalue weighted by Crippen LogP contribution is -2.73. The predicted molar refractivity (Wildman–Crippen MR) is 165 cm³/mol. The number of halogens is 4. The van der Waals surface area contributed by atoms with Crippen LogP contribution in [0.4, 0.5) is 35.0 Å². The lowest BCUT2D eigenvalue weighted by Gasteiger charge is -2.54. The zero-order valence-electron chi connectivity index (χ0n) is 24.1. The molecule has 11 heteroatoms. The Morgan fingerprint density at radius 2 is 1.70 bits per heavy atom. The number of amides is 2. The maximum Gasteiger partial charge on any atom is 0.410 e. The molecule has 0 aliphatic carbocycles. The summed E-state index contributed by atoms with van der Waals surface area (Å²) in [6.45, 7) is 5.46. The van der Waals surface area contributed by atoms with Crippen LogP contribution in [0.3, 0.4) is 0 Å². The molecule has 0 saturated carbocycles. The van der Waals surface area contributed by atoms with E-state index in [1.165, 1.54) is 32.9 Å². The molecule has 0 spiro atoms. The largest absolute Gasteiger partial charge is 0.444 e. The van der Waals surface area contributed by atoms with E-state index in [0.717, 1.165) is 18.9 Å². The standard InChI is InChI=1S/C32H33F3IN3O4/c1-31(2,3)43-30(41)38-16-8-7-11-26(38)32(42)18-37(19-32)29(40)22-13-14-23(33)27(35)28(22)39(21-9-5-4-6-10-21)25-15-12-20(36)17-24(25)34/h4-6,9-10,12-15,17,26,42H,7-8,11,16,18-19H2,1-3H3/t26-/m0/s1. The fraction of sp³-hybridized carbons (Fsp3) is 0.375. The molecule has 0 unspecified atom stereocenters. The van der Waals surface area contributed by atoms with Crippen molar-refractivity contribution in [3.63, 3.8) is 0 Å². The van der Waals surface area contributed by atoms with Gasteiger partial charge in [-0.25, -0.2) is 18.0 Å². The Bertz CT molecular complexity index is 1530. The SMILES string of the molecule is CC(C)(C)OC(=O)N1CCCC[C@H]1C1(O)CN(C(=O)c2ccc(F)c(F)c2N(c2ccccc2)c2ccc(I)cc2F)C1. The van der Waals surface area contributed by atoms with Gasteiger partial charge in [0.2, 0.25) is 0 Å². The number of likely N-dealkylation sites (tertiary alicyclic amines) is 2. The number of piperidine rings is 1. The summed E-state index contributed by atoms with van der Waals surface area (Å²) in [5.74, 6) is -3.86. The van der Waals surface area contributed by atoms with E-state index in [9.17, 15) is 19.1 Å². The van der Waals surface area contributed by atoms with Gasteiger partial charge in [-0.3, -0.25) is 4.79 Å². The highest BCUT2D eigenvalue weighted by molar-refractivity contribution is 14.1. The van der Waals surface area contributed by atoms with Crippen molar-refractivity contribution in [3.05, 3.63) is 87.2 Å². The van der Waals surface area contributed by atoms with Gasteiger partial charge in [0.15, 0.2) is 11.6 Å². The molecule has 0 aromatic heterocycles. The zero-order chi connectivity index (χ0) is 31.1. The Hall–Kier alpha value is -3.32. The first-order valence-corrected chi connectivity index (χ1v) is 15.2. The van der Waals surface area contributed by atoms with Crippen LogP contribution < -0.4 is 4.90 Å². The molecule has 0 bridgehead atoms. The summed E-state index contributed by atoms with van der Waals surface area (Å²) >= 11 is 1.95. The second-order valence-corrected chi connectivity index (χ2v) is 13.2. The summed E-state index contributed by atoms with van der Waals surface area (Å²) in [6.07, 6.45) is 1.55. The normalized spacial score (nSPS) is 18.2. The molecule has 1 N–H and O–H groups in total. The van der Waals surface area contributed by atoms with E-state index in [4.69, 9.17) is 4.74 Å². The molecule has 2 aliphatic rings. The van der Waals surface area contributed by atoms with E-state index in [2.05, 4.69) is 0 Å². The molecule has 2 amide bonds. The van der Waals surface area contributed by atoms with Gasteiger partial charge in [-0.05, 0) is 105 Å². The summed E-state index contributed by atoms with van der Waals surface area (Å²) < 4.78 is 52.0. The van der Waals surface area contributed by atoms with Crippen molar-refractivity contribution >= 4 is 51.7 Å². The number of carbonyl (C=O) groups is 2. The van der Waals surface area contributed by atoms with Crippen molar-refractivity contribution in [2.24, 2.45) is 0 Å². The van der Waals surface area contributed by atoms with E-state index in [1.54, 1.807) is 57.2 Å². The van der Waals surface area contributed by atoms with Crippen molar-refractivity contribution in [1.29, 1.82) is 0 Å². The molecule has 0 radical (unpaired) electrons. The van der Waals surface area contributed by atoms with Crippen LogP contribution in [0.25, 0.3) is 0 Å². The minimum Gasteiger partial charge on any atom is -0.444 e. The van der Waals surface area contributed by atoms with E-state index in [0.29, 0.717) is 22.2 Å². The first kappa shape index (κ1) is 31.1. The molecule has 1 atom stereocenters. The summed E-state index contributed by atoms with van der Waals surface area (Å²) in [4.78, 5) is 30.9. The quantitative estimate of drug-likeness (QED) is 0.285. The topological polar surface area (TPSA) is 73.3 Å². The number of carbonyl (C=O) groups excluding carboxylic acids is 2. The maximum absolute atomic E-state index is 15.7. The number of benzene rings is 3. The molecular formula is C32H33F3IN3O4.